The fourth-order valence-corrected chi connectivity index (χ4v) is 2.26. The van der Waals surface area contributed by atoms with Crippen molar-refractivity contribution in [3.63, 3.8) is 0 Å². The molecule has 5 nitrogen and oxygen atoms in total. The number of phenols is 1. The molecule has 1 aliphatic rings. The van der Waals surface area contributed by atoms with Crippen molar-refractivity contribution in [2.45, 2.75) is 46.3 Å². The van der Waals surface area contributed by atoms with Gasteiger partial charge in [-0.25, -0.2) is 0 Å². The van der Waals surface area contributed by atoms with E-state index in [1.807, 2.05) is 27.7 Å². The number of nitrogens with one attached hydrogen (secondary N) is 1. The number of amides is 1. The van der Waals surface area contributed by atoms with Gasteiger partial charge in [0.05, 0.1) is 7.11 Å². The normalized spacial score (nSPS) is 16.2. The Kier molecular flexibility index (Phi) is 9.78. The molecule has 8 heteroatoms. The third-order valence-corrected chi connectivity index (χ3v) is 3.22. The van der Waals surface area contributed by atoms with E-state index >= 15 is 0 Å². The fraction of sp³-hybridized carbons (Fsp3) is 0.588. The molecule has 1 aromatic rings. The van der Waals surface area contributed by atoms with E-state index in [0.29, 0.717) is 17.9 Å². The zero-order valence-corrected chi connectivity index (χ0v) is 15.3. The second-order valence-electron chi connectivity index (χ2n) is 4.80. The van der Waals surface area contributed by atoms with E-state index in [9.17, 15) is 23.1 Å². The zero-order valence-electron chi connectivity index (χ0n) is 15.3. The molecule has 0 radical (unpaired) electrons. The number of hydrogen-bond donors (Lipinski definition) is 2. The number of rotatable bonds is 3. The predicted octanol–water partition coefficient (Wildman–Crippen LogP) is 4.03. The number of nitrogens with zero attached hydrogens (tertiary/aromatic N) is 1. The molecule has 0 saturated carbocycles. The molecule has 1 fully saturated rings. The van der Waals surface area contributed by atoms with Gasteiger partial charge in [-0.15, -0.1) is 0 Å². The summed E-state index contributed by atoms with van der Waals surface area (Å²) in [6.45, 7) is 8.02. The zero-order chi connectivity index (χ0) is 19.6. The lowest BCUT2D eigenvalue weighted by atomic mass is 10.2. The number of anilines is 1. The summed E-state index contributed by atoms with van der Waals surface area (Å²) in [5, 5.41) is 12.5. The minimum atomic E-state index is -4.84. The molecule has 0 aromatic heterocycles. The second-order valence-corrected chi connectivity index (χ2v) is 4.80. The van der Waals surface area contributed by atoms with Crippen LogP contribution in [0.4, 0.5) is 18.9 Å². The highest BCUT2D eigenvalue weighted by molar-refractivity contribution is 5.82. The smallest absolute Gasteiger partial charge is 0.471 e. The molecular weight excluding hydrogens is 337 g/mol. The molecule has 1 amide bonds. The Labute approximate surface area is 146 Å². The first kappa shape index (κ1) is 22.9. The predicted molar refractivity (Wildman–Crippen MR) is 92.0 cm³/mol. The van der Waals surface area contributed by atoms with Crippen molar-refractivity contribution in [3.8, 4) is 11.5 Å². The molecule has 0 bridgehead atoms. The number of carbonyl (C=O) groups excluding carboxylic acids is 1. The average Bonchev–Trinajstić information content (AvgIpc) is 3.04. The third-order valence-electron chi connectivity index (χ3n) is 3.22. The van der Waals surface area contributed by atoms with Crippen LogP contribution in [-0.2, 0) is 4.79 Å². The van der Waals surface area contributed by atoms with E-state index in [2.05, 4.69) is 5.32 Å². The van der Waals surface area contributed by atoms with Crippen LogP contribution in [0.2, 0.25) is 0 Å². The molecule has 1 unspecified atom stereocenters. The lowest BCUT2D eigenvalue weighted by molar-refractivity contribution is -0.184. The van der Waals surface area contributed by atoms with Crippen LogP contribution >= 0.6 is 0 Å². The summed E-state index contributed by atoms with van der Waals surface area (Å²) in [6.07, 6.45) is -4.44. The number of aromatic hydroxyl groups is 1. The number of alkyl halides is 3. The summed E-state index contributed by atoms with van der Waals surface area (Å²) in [7, 11) is 1.44. The van der Waals surface area contributed by atoms with Gasteiger partial charge in [0.15, 0.2) is 0 Å². The lowest BCUT2D eigenvalue weighted by Gasteiger charge is -2.19. The van der Waals surface area contributed by atoms with Gasteiger partial charge in [-0.3, -0.25) is 4.79 Å². The fourth-order valence-electron chi connectivity index (χ4n) is 2.26. The van der Waals surface area contributed by atoms with Crippen molar-refractivity contribution in [2.24, 2.45) is 0 Å². The molecule has 2 N–H and O–H groups in total. The highest BCUT2D eigenvalue weighted by Crippen LogP contribution is 2.27. The van der Waals surface area contributed by atoms with Gasteiger partial charge in [0.2, 0.25) is 0 Å². The number of halogens is 3. The number of benzene rings is 1. The first-order valence-corrected chi connectivity index (χ1v) is 8.30. The van der Waals surface area contributed by atoms with Crippen LogP contribution in [0.25, 0.3) is 0 Å². The van der Waals surface area contributed by atoms with Crippen molar-refractivity contribution >= 4 is 11.6 Å². The first-order chi connectivity index (χ1) is 11.8. The molecule has 1 aliphatic heterocycles. The SMILES string of the molecule is CC.CC.COc1cc(O)cc(NC2CCN(C(=O)C(F)(F)F)C2)c1. The molecule has 1 aromatic carbocycles. The van der Waals surface area contributed by atoms with Crippen molar-refractivity contribution in [1.82, 2.24) is 4.90 Å². The van der Waals surface area contributed by atoms with Gasteiger partial charge >= 0.3 is 12.1 Å². The van der Waals surface area contributed by atoms with Gasteiger partial charge in [-0.2, -0.15) is 13.2 Å². The van der Waals surface area contributed by atoms with Crippen molar-refractivity contribution in [3.05, 3.63) is 18.2 Å². The summed E-state index contributed by atoms with van der Waals surface area (Å²) in [5.74, 6) is -1.41. The number of likely N-dealkylation sites (tertiary alicyclic amines) is 1. The van der Waals surface area contributed by atoms with Crippen LogP contribution in [-0.4, -0.2) is 48.3 Å². The monoisotopic (exact) mass is 364 g/mol. The molecular formula is C17H27F3N2O3. The summed E-state index contributed by atoms with van der Waals surface area (Å²) in [6, 6.07) is 4.17. The third kappa shape index (κ3) is 7.11. The standard InChI is InChI=1S/C13H15F3N2O3.2C2H6/c1-21-11-5-9(4-10(19)6-11)17-8-2-3-18(7-8)12(20)13(14,15)16;2*1-2/h4-6,8,17,19H,2-3,7H2,1H3;2*1-2H3. The molecule has 1 heterocycles. The van der Waals surface area contributed by atoms with Crippen molar-refractivity contribution in [2.75, 3.05) is 25.5 Å². The van der Waals surface area contributed by atoms with Gasteiger partial charge < -0.3 is 20.1 Å². The van der Waals surface area contributed by atoms with E-state index < -0.39 is 12.1 Å². The Morgan fingerprint density at radius 1 is 1.24 bits per heavy atom. The Morgan fingerprint density at radius 2 is 1.84 bits per heavy atom. The largest absolute Gasteiger partial charge is 0.508 e. The van der Waals surface area contributed by atoms with E-state index in [0.717, 1.165) is 4.90 Å². The highest BCUT2D eigenvalue weighted by Gasteiger charge is 2.44. The maximum atomic E-state index is 12.3. The second kappa shape index (κ2) is 10.7. The van der Waals surface area contributed by atoms with E-state index in [1.165, 1.54) is 19.2 Å². The molecule has 144 valence electrons. The van der Waals surface area contributed by atoms with E-state index in [4.69, 9.17) is 4.74 Å². The summed E-state index contributed by atoms with van der Waals surface area (Å²) >= 11 is 0. The lowest BCUT2D eigenvalue weighted by Crippen LogP contribution is -2.40. The Morgan fingerprint density at radius 3 is 2.36 bits per heavy atom. The van der Waals surface area contributed by atoms with Crippen LogP contribution in [0.1, 0.15) is 34.1 Å². The first-order valence-electron chi connectivity index (χ1n) is 8.30. The van der Waals surface area contributed by atoms with Gasteiger partial charge in [0.25, 0.3) is 0 Å². The maximum Gasteiger partial charge on any atom is 0.471 e. The molecule has 25 heavy (non-hydrogen) atoms. The number of hydrogen-bond acceptors (Lipinski definition) is 4. The van der Waals surface area contributed by atoms with E-state index in [1.54, 1.807) is 6.07 Å². The summed E-state index contributed by atoms with van der Waals surface area (Å²) < 4.78 is 42.0. The van der Waals surface area contributed by atoms with Crippen LogP contribution < -0.4 is 10.1 Å². The number of methoxy groups -OCH3 is 1. The molecule has 0 aliphatic carbocycles. The van der Waals surface area contributed by atoms with Crippen LogP contribution in [0, 0.1) is 0 Å². The topological polar surface area (TPSA) is 61.8 Å². The summed E-state index contributed by atoms with van der Waals surface area (Å²) in [4.78, 5) is 11.9. The number of ether oxygens (including phenoxy) is 1. The van der Waals surface area contributed by atoms with Crippen LogP contribution in [0.5, 0.6) is 11.5 Å². The molecule has 1 saturated heterocycles. The Hall–Kier alpha value is -2.12. The number of phenolic OH excluding ortho intramolecular Hbond substituents is 1. The van der Waals surface area contributed by atoms with Crippen molar-refractivity contribution in [1.29, 1.82) is 0 Å². The van der Waals surface area contributed by atoms with Gasteiger partial charge in [-0.1, -0.05) is 27.7 Å². The Bertz CT molecular complexity index is 536. The van der Waals surface area contributed by atoms with E-state index in [-0.39, 0.29) is 24.9 Å². The van der Waals surface area contributed by atoms with Crippen molar-refractivity contribution < 1.29 is 27.8 Å². The van der Waals surface area contributed by atoms with Gasteiger partial charge in [-0.05, 0) is 6.42 Å². The van der Waals surface area contributed by atoms with Gasteiger partial charge in [0, 0.05) is 43.0 Å². The minimum Gasteiger partial charge on any atom is -0.508 e. The minimum absolute atomic E-state index is 0.0157. The van der Waals surface area contributed by atoms with Gasteiger partial charge in [0.1, 0.15) is 11.5 Å². The van der Waals surface area contributed by atoms with Crippen LogP contribution in [0.15, 0.2) is 18.2 Å². The molecule has 2 rings (SSSR count). The maximum absolute atomic E-state index is 12.3. The Balaban J connectivity index is 0.00000134. The molecule has 1 atom stereocenters. The number of carbonyl (C=O) groups is 1. The molecule has 0 spiro atoms. The highest BCUT2D eigenvalue weighted by atomic mass is 19.4. The quantitative estimate of drug-likeness (QED) is 0.850. The average molecular weight is 364 g/mol. The van der Waals surface area contributed by atoms with Crippen LogP contribution in [0.3, 0.4) is 0 Å². The summed E-state index contributed by atoms with van der Waals surface area (Å²) in [5.41, 5.74) is 0.526.